The van der Waals surface area contributed by atoms with E-state index in [4.69, 9.17) is 16.4 Å². The first-order valence-corrected chi connectivity index (χ1v) is 17.7. The van der Waals surface area contributed by atoms with Gasteiger partial charge in [-0.25, -0.2) is 4.79 Å². The number of urea groups is 1. The van der Waals surface area contributed by atoms with Gasteiger partial charge in [0.2, 0.25) is 17.6 Å². The molecule has 1 aromatic rings. The normalized spacial score (nSPS) is 23.9. The van der Waals surface area contributed by atoms with Crippen LogP contribution in [0.15, 0.2) is 29.4 Å². The van der Waals surface area contributed by atoms with E-state index in [2.05, 4.69) is 26.4 Å². The van der Waals surface area contributed by atoms with Crippen molar-refractivity contribution in [2.45, 2.75) is 134 Å². The Kier molecular flexibility index (Phi) is 11.0. The third kappa shape index (κ3) is 8.67. The van der Waals surface area contributed by atoms with E-state index in [1.165, 1.54) is 4.90 Å². The minimum absolute atomic E-state index is 0.00687. The van der Waals surface area contributed by atoms with Crippen molar-refractivity contribution in [1.29, 1.82) is 0 Å². The molecule has 2 heterocycles. The third-order valence-electron chi connectivity index (χ3n) is 9.66. The van der Waals surface area contributed by atoms with Crippen molar-refractivity contribution in [2.75, 3.05) is 6.54 Å². The maximum Gasteiger partial charge on any atom is 0.315 e. The van der Waals surface area contributed by atoms with Gasteiger partial charge >= 0.3 is 6.03 Å². The number of amides is 5. The highest BCUT2D eigenvalue weighted by Gasteiger charge is 2.55. The number of halogens is 1. The Labute approximate surface area is 287 Å². The molecule has 4 aliphatic rings. The zero-order chi connectivity index (χ0) is 34.6. The summed E-state index contributed by atoms with van der Waals surface area (Å²) in [5.74, 6) is -2.43. The Hall–Kier alpha value is -3.67. The Morgan fingerprint density at radius 3 is 2.38 bits per heavy atom. The highest BCUT2D eigenvalue weighted by Crippen LogP contribution is 2.40. The standard InChI is InChI=1S/C35H49ClN6O6/c1-5-10-25(28(43)31(45)37-24-15-16-24)39-30(44)27-19-35(18-26(41-48-35)21-11-9-12-22(36)17-21)20-42(27)32(46)29(34(2,3)4)40-33(47)38-23-13-7-6-8-14-23/h9,11-12,17,23-25,27,29H,5-8,10,13-16,18-20H2,1-4H3,(H,37,45)(H,39,44)(H2,38,40,47)/t25-,27-,29+,35+/m0/s1. The summed E-state index contributed by atoms with van der Waals surface area (Å²) < 4.78 is 0. The molecule has 3 fully saturated rings. The number of hydrogen-bond acceptors (Lipinski definition) is 7. The van der Waals surface area contributed by atoms with Crippen molar-refractivity contribution < 1.29 is 28.8 Å². The van der Waals surface area contributed by atoms with Gasteiger partial charge in [0.05, 0.1) is 18.3 Å². The van der Waals surface area contributed by atoms with E-state index >= 15 is 0 Å². The Morgan fingerprint density at radius 2 is 1.73 bits per heavy atom. The highest BCUT2D eigenvalue weighted by atomic mass is 35.5. The maximum absolute atomic E-state index is 14.5. The van der Waals surface area contributed by atoms with E-state index in [1.54, 1.807) is 12.1 Å². The number of carbonyl (C=O) groups excluding carboxylic acids is 5. The van der Waals surface area contributed by atoms with Crippen LogP contribution in [0, 0.1) is 5.41 Å². The summed E-state index contributed by atoms with van der Waals surface area (Å²) >= 11 is 6.24. The fraction of sp³-hybridized carbons (Fsp3) is 0.657. The summed E-state index contributed by atoms with van der Waals surface area (Å²) in [6.45, 7) is 7.48. The van der Waals surface area contributed by atoms with Crippen LogP contribution in [-0.4, -0.2) is 82.5 Å². The van der Waals surface area contributed by atoms with Crippen LogP contribution in [0.5, 0.6) is 0 Å². The maximum atomic E-state index is 14.5. The van der Waals surface area contributed by atoms with E-state index in [0.717, 1.165) is 50.5 Å². The molecule has 13 heteroatoms. The van der Waals surface area contributed by atoms with Gasteiger partial charge < -0.3 is 31.0 Å². The fourth-order valence-electron chi connectivity index (χ4n) is 6.84. The van der Waals surface area contributed by atoms with Crippen molar-refractivity contribution in [3.05, 3.63) is 34.9 Å². The molecule has 1 spiro atoms. The number of nitrogens with one attached hydrogen (secondary N) is 4. The summed E-state index contributed by atoms with van der Waals surface area (Å²) in [5.41, 5.74) is -0.318. The molecule has 48 heavy (non-hydrogen) atoms. The van der Waals surface area contributed by atoms with Gasteiger partial charge in [0.25, 0.3) is 5.91 Å². The molecule has 0 aromatic heterocycles. The van der Waals surface area contributed by atoms with E-state index in [0.29, 0.717) is 23.6 Å². The zero-order valence-electron chi connectivity index (χ0n) is 28.4. The van der Waals surface area contributed by atoms with Gasteiger partial charge in [-0.2, -0.15) is 0 Å². The second kappa shape index (κ2) is 14.8. The fourth-order valence-corrected chi connectivity index (χ4v) is 7.03. The molecule has 262 valence electrons. The van der Waals surface area contributed by atoms with Crippen molar-refractivity contribution in [3.8, 4) is 0 Å². The van der Waals surface area contributed by atoms with Crippen LogP contribution in [0.4, 0.5) is 4.79 Å². The Morgan fingerprint density at radius 1 is 1.02 bits per heavy atom. The van der Waals surface area contributed by atoms with Gasteiger partial charge in [0, 0.05) is 35.5 Å². The molecule has 1 saturated heterocycles. The first-order chi connectivity index (χ1) is 22.8. The molecule has 2 saturated carbocycles. The molecule has 5 rings (SSSR count). The molecule has 2 aliphatic heterocycles. The lowest BCUT2D eigenvalue weighted by Gasteiger charge is -2.36. The molecule has 5 amide bonds. The average Bonchev–Trinajstić information content (AvgIpc) is 3.63. The number of likely N-dealkylation sites (tertiary alicyclic amines) is 1. The van der Waals surface area contributed by atoms with Crippen molar-refractivity contribution in [3.63, 3.8) is 0 Å². The molecule has 4 N–H and O–H groups in total. The van der Waals surface area contributed by atoms with Crippen molar-refractivity contribution in [1.82, 2.24) is 26.2 Å². The van der Waals surface area contributed by atoms with Crippen LogP contribution >= 0.6 is 11.6 Å². The number of rotatable bonds is 11. The van der Waals surface area contributed by atoms with Crippen LogP contribution in [0.25, 0.3) is 0 Å². The van der Waals surface area contributed by atoms with Gasteiger partial charge in [-0.1, -0.05) is 82.3 Å². The minimum atomic E-state index is -1.05. The number of benzene rings is 1. The first-order valence-electron chi connectivity index (χ1n) is 17.3. The largest absolute Gasteiger partial charge is 0.387 e. The molecule has 0 unspecified atom stereocenters. The molecule has 12 nitrogen and oxygen atoms in total. The van der Waals surface area contributed by atoms with Crippen LogP contribution in [0.1, 0.15) is 104 Å². The second-order valence-corrected chi connectivity index (χ2v) is 15.3. The Balaban J connectivity index is 1.38. The molecular formula is C35H49ClN6O6. The van der Waals surface area contributed by atoms with Crippen LogP contribution in [0.2, 0.25) is 5.02 Å². The summed E-state index contributed by atoms with van der Waals surface area (Å²) in [6, 6.07) is 3.77. The lowest BCUT2D eigenvalue weighted by molar-refractivity contribution is -0.144. The summed E-state index contributed by atoms with van der Waals surface area (Å²) in [6.07, 6.45) is 7.90. The number of nitrogens with zero attached hydrogens (tertiary/aromatic N) is 2. The number of oxime groups is 1. The van der Waals surface area contributed by atoms with Gasteiger partial charge in [-0.05, 0) is 49.7 Å². The number of carbonyl (C=O) groups is 5. The highest BCUT2D eigenvalue weighted by molar-refractivity contribution is 6.38. The van der Waals surface area contributed by atoms with Crippen LogP contribution in [0.3, 0.4) is 0 Å². The quantitative estimate of drug-likeness (QED) is 0.258. The third-order valence-corrected chi connectivity index (χ3v) is 9.89. The predicted octanol–water partition coefficient (Wildman–Crippen LogP) is 3.98. The molecule has 0 radical (unpaired) electrons. The van der Waals surface area contributed by atoms with Gasteiger partial charge in [0.1, 0.15) is 12.1 Å². The number of hydrogen-bond donors (Lipinski definition) is 4. The second-order valence-electron chi connectivity index (χ2n) is 14.9. The predicted molar refractivity (Wildman–Crippen MR) is 181 cm³/mol. The SMILES string of the molecule is CCC[C@H](NC(=O)[C@@H]1C[C@]2(CC(c3cccc(Cl)c3)=NO2)CN1C(=O)[C@@H](NC(=O)NC1CCCCC1)C(C)(C)C)C(=O)C(=O)NC1CC1. The minimum Gasteiger partial charge on any atom is -0.387 e. The molecule has 2 aliphatic carbocycles. The smallest absolute Gasteiger partial charge is 0.315 e. The molecular weight excluding hydrogens is 636 g/mol. The van der Waals surface area contributed by atoms with E-state index in [-0.39, 0.29) is 31.5 Å². The van der Waals surface area contributed by atoms with E-state index in [1.807, 2.05) is 39.8 Å². The zero-order valence-corrected chi connectivity index (χ0v) is 29.2. The van der Waals surface area contributed by atoms with Crippen LogP contribution in [-0.2, 0) is 24.0 Å². The van der Waals surface area contributed by atoms with Crippen molar-refractivity contribution >= 4 is 46.8 Å². The number of ketones is 1. The monoisotopic (exact) mass is 684 g/mol. The first kappa shape index (κ1) is 35.6. The van der Waals surface area contributed by atoms with Gasteiger partial charge in [-0.15, -0.1) is 0 Å². The number of Topliss-reactive ketones (excluding diaryl/α,β-unsaturated/α-hetero) is 1. The van der Waals surface area contributed by atoms with E-state index < -0.39 is 58.7 Å². The lowest BCUT2D eigenvalue weighted by atomic mass is 9.85. The average molecular weight is 685 g/mol. The van der Waals surface area contributed by atoms with Gasteiger partial charge in [0.15, 0.2) is 5.60 Å². The summed E-state index contributed by atoms with van der Waals surface area (Å²) in [7, 11) is 0. The topological polar surface area (TPSA) is 158 Å². The summed E-state index contributed by atoms with van der Waals surface area (Å²) in [5, 5.41) is 16.3. The molecule has 1 aromatic carbocycles. The Bertz CT molecular complexity index is 1430. The van der Waals surface area contributed by atoms with Crippen molar-refractivity contribution in [2.24, 2.45) is 10.6 Å². The van der Waals surface area contributed by atoms with Crippen LogP contribution < -0.4 is 21.3 Å². The lowest BCUT2D eigenvalue weighted by Crippen LogP contribution is -2.60. The van der Waals surface area contributed by atoms with Gasteiger partial charge in [-0.3, -0.25) is 19.2 Å². The molecule has 0 bridgehead atoms. The summed E-state index contributed by atoms with van der Waals surface area (Å²) in [4.78, 5) is 75.1. The molecule has 4 atom stereocenters. The van der Waals surface area contributed by atoms with E-state index in [9.17, 15) is 24.0 Å².